The summed E-state index contributed by atoms with van der Waals surface area (Å²) in [6.45, 7) is 0. The zero-order valence-electron chi connectivity index (χ0n) is 14.7. The number of sulfonamides is 1. The Balaban J connectivity index is 2.39. The van der Waals surface area contributed by atoms with Crippen molar-refractivity contribution in [3.05, 3.63) is 65.7 Å². The lowest BCUT2D eigenvalue weighted by Crippen LogP contribution is -2.14. The number of anilines is 1. The monoisotopic (exact) mass is 403 g/mol. The zero-order chi connectivity index (χ0) is 20.7. The summed E-state index contributed by atoms with van der Waals surface area (Å²) in [5.74, 6) is -2.20. The normalized spacial score (nSPS) is 11.6. The highest BCUT2D eigenvalue weighted by atomic mass is 32.2. The molecule has 2 aromatic rings. The van der Waals surface area contributed by atoms with Gasteiger partial charge >= 0.3 is 11.9 Å². The highest BCUT2D eigenvalue weighted by Gasteiger charge is 2.20. The van der Waals surface area contributed by atoms with E-state index in [1.807, 2.05) is 0 Å². The Morgan fingerprint density at radius 3 is 2.14 bits per heavy atom. The Morgan fingerprint density at radius 1 is 0.964 bits per heavy atom. The van der Waals surface area contributed by atoms with Gasteiger partial charge in [-0.05, 0) is 47.5 Å². The summed E-state index contributed by atoms with van der Waals surface area (Å²) < 4.78 is 33.1. The number of benzene rings is 2. The lowest BCUT2D eigenvalue weighted by atomic mass is 10.2. The molecule has 0 heterocycles. The van der Waals surface area contributed by atoms with Crippen LogP contribution in [0.1, 0.15) is 11.1 Å². The fourth-order valence-corrected chi connectivity index (χ4v) is 3.51. The van der Waals surface area contributed by atoms with Crippen LogP contribution in [0, 0.1) is 0 Å². The van der Waals surface area contributed by atoms with Crippen LogP contribution in [0.3, 0.4) is 0 Å². The molecule has 0 unspecified atom stereocenters. The number of carboxylic acids is 2. The molecule has 0 radical (unpaired) electrons. The molecule has 146 valence electrons. The van der Waals surface area contributed by atoms with Crippen LogP contribution in [0.2, 0.25) is 0 Å². The fraction of sp³-hybridized carbons (Fsp3) is 0.0526. The summed E-state index contributed by atoms with van der Waals surface area (Å²) in [4.78, 5) is 21.1. The lowest BCUT2D eigenvalue weighted by molar-refractivity contribution is -0.132. The maximum Gasteiger partial charge on any atom is 0.328 e. The van der Waals surface area contributed by atoms with Gasteiger partial charge in [0.2, 0.25) is 0 Å². The molecule has 9 heteroatoms. The molecule has 0 aliphatic rings. The molecule has 3 N–H and O–H groups in total. The predicted octanol–water partition coefficient (Wildman–Crippen LogP) is 2.69. The standard InChI is InChI=1S/C19H17NO7S/c1-27-16-8-5-14(7-10-19(23)24)12-17(16)28(25,26)20-15-4-2-3-13(11-15)6-9-18(21)22/h2-12,20H,1H3,(H,21,22)(H,23,24)/b9-6-,10-7-. The number of methoxy groups -OCH3 is 1. The van der Waals surface area contributed by atoms with Crippen LogP contribution >= 0.6 is 0 Å². The van der Waals surface area contributed by atoms with E-state index in [1.54, 1.807) is 12.1 Å². The van der Waals surface area contributed by atoms with Crippen molar-refractivity contribution >= 4 is 39.8 Å². The van der Waals surface area contributed by atoms with Crippen molar-refractivity contribution in [2.75, 3.05) is 11.8 Å². The van der Waals surface area contributed by atoms with Crippen LogP contribution < -0.4 is 9.46 Å². The topological polar surface area (TPSA) is 130 Å². The molecule has 8 nitrogen and oxygen atoms in total. The van der Waals surface area contributed by atoms with Crippen molar-refractivity contribution < 1.29 is 33.0 Å². The van der Waals surface area contributed by atoms with Crippen LogP contribution in [0.4, 0.5) is 5.69 Å². The van der Waals surface area contributed by atoms with E-state index in [0.29, 0.717) is 11.1 Å². The van der Waals surface area contributed by atoms with Gasteiger partial charge in [-0.1, -0.05) is 18.2 Å². The second-order valence-electron chi connectivity index (χ2n) is 5.48. The van der Waals surface area contributed by atoms with E-state index in [1.165, 1.54) is 49.6 Å². The number of carbonyl (C=O) groups is 2. The number of aliphatic carboxylic acids is 2. The summed E-state index contributed by atoms with van der Waals surface area (Å²) in [5, 5.41) is 17.4. The Hall–Kier alpha value is -3.59. The van der Waals surface area contributed by atoms with Crippen LogP contribution in [0.5, 0.6) is 5.75 Å². The molecule has 0 aliphatic carbocycles. The maximum atomic E-state index is 12.8. The first-order chi connectivity index (χ1) is 13.2. The molecule has 2 rings (SSSR count). The zero-order valence-corrected chi connectivity index (χ0v) is 15.5. The molecule has 0 bridgehead atoms. The molecule has 0 spiro atoms. The number of rotatable bonds is 8. The van der Waals surface area contributed by atoms with E-state index >= 15 is 0 Å². The Labute approximate surface area is 161 Å². The maximum absolute atomic E-state index is 12.8. The summed E-state index contributed by atoms with van der Waals surface area (Å²) in [6.07, 6.45) is 4.43. The number of carboxylic acid groups (broad SMARTS) is 2. The Bertz CT molecular complexity index is 1060. The van der Waals surface area contributed by atoms with E-state index < -0.39 is 22.0 Å². The van der Waals surface area contributed by atoms with Gasteiger partial charge in [-0.25, -0.2) is 18.0 Å². The molecular formula is C19H17NO7S. The average Bonchev–Trinajstić information content (AvgIpc) is 2.64. The molecule has 0 fully saturated rings. The second kappa shape index (κ2) is 8.87. The third-order valence-corrected chi connectivity index (χ3v) is 4.86. The number of hydrogen-bond donors (Lipinski definition) is 3. The fourth-order valence-electron chi connectivity index (χ4n) is 2.26. The molecule has 0 amide bonds. The van der Waals surface area contributed by atoms with E-state index in [-0.39, 0.29) is 16.3 Å². The van der Waals surface area contributed by atoms with Gasteiger partial charge in [0.25, 0.3) is 10.0 Å². The lowest BCUT2D eigenvalue weighted by Gasteiger charge is -2.13. The van der Waals surface area contributed by atoms with Crippen LogP contribution in [-0.4, -0.2) is 37.7 Å². The first-order valence-corrected chi connectivity index (χ1v) is 9.32. The van der Waals surface area contributed by atoms with Gasteiger partial charge < -0.3 is 14.9 Å². The van der Waals surface area contributed by atoms with Crippen LogP contribution in [-0.2, 0) is 19.6 Å². The first-order valence-electron chi connectivity index (χ1n) is 7.84. The molecule has 2 aromatic carbocycles. The summed E-state index contributed by atoms with van der Waals surface area (Å²) >= 11 is 0. The summed E-state index contributed by atoms with van der Waals surface area (Å²) in [7, 11) is -2.74. The van der Waals surface area contributed by atoms with Crippen molar-refractivity contribution in [3.8, 4) is 5.75 Å². The van der Waals surface area contributed by atoms with E-state index in [9.17, 15) is 18.0 Å². The molecule has 0 saturated heterocycles. The Morgan fingerprint density at radius 2 is 1.57 bits per heavy atom. The average molecular weight is 403 g/mol. The minimum absolute atomic E-state index is 0.0851. The minimum atomic E-state index is -4.06. The van der Waals surface area contributed by atoms with Crippen LogP contribution in [0.15, 0.2) is 59.5 Å². The SMILES string of the molecule is COc1ccc(/C=C\C(=O)O)cc1S(=O)(=O)Nc1cccc(/C=C\C(=O)O)c1. The van der Waals surface area contributed by atoms with Gasteiger partial charge in [-0.2, -0.15) is 0 Å². The highest BCUT2D eigenvalue weighted by Crippen LogP contribution is 2.27. The van der Waals surface area contributed by atoms with Crippen molar-refractivity contribution in [2.45, 2.75) is 4.90 Å². The summed E-state index contributed by atoms with van der Waals surface area (Å²) in [5.41, 5.74) is 1.08. The van der Waals surface area contributed by atoms with Gasteiger partial charge in [0.05, 0.1) is 7.11 Å². The van der Waals surface area contributed by atoms with Gasteiger partial charge in [-0.15, -0.1) is 0 Å². The smallest absolute Gasteiger partial charge is 0.328 e. The third-order valence-electron chi connectivity index (χ3n) is 3.45. The molecule has 28 heavy (non-hydrogen) atoms. The summed E-state index contributed by atoms with van der Waals surface area (Å²) in [6, 6.07) is 10.4. The van der Waals surface area contributed by atoms with Gasteiger partial charge in [0.1, 0.15) is 10.6 Å². The van der Waals surface area contributed by atoms with Gasteiger partial charge in [0.15, 0.2) is 0 Å². The highest BCUT2D eigenvalue weighted by molar-refractivity contribution is 7.92. The van der Waals surface area contributed by atoms with Crippen molar-refractivity contribution in [2.24, 2.45) is 0 Å². The van der Waals surface area contributed by atoms with Gasteiger partial charge in [-0.3, -0.25) is 4.72 Å². The van der Waals surface area contributed by atoms with Crippen molar-refractivity contribution in [3.63, 3.8) is 0 Å². The predicted molar refractivity (Wildman–Crippen MR) is 104 cm³/mol. The number of ether oxygens (including phenoxy) is 1. The van der Waals surface area contributed by atoms with E-state index in [0.717, 1.165) is 12.2 Å². The molecular weight excluding hydrogens is 386 g/mol. The number of hydrogen-bond acceptors (Lipinski definition) is 5. The quantitative estimate of drug-likeness (QED) is 0.578. The van der Waals surface area contributed by atoms with E-state index in [4.69, 9.17) is 14.9 Å². The van der Waals surface area contributed by atoms with Gasteiger partial charge in [0, 0.05) is 17.8 Å². The first kappa shape index (κ1) is 20.7. The van der Waals surface area contributed by atoms with Crippen molar-refractivity contribution in [1.29, 1.82) is 0 Å². The largest absolute Gasteiger partial charge is 0.495 e. The molecule has 0 saturated carbocycles. The molecule has 0 aliphatic heterocycles. The molecule has 0 aromatic heterocycles. The van der Waals surface area contributed by atoms with Crippen LogP contribution in [0.25, 0.3) is 12.2 Å². The minimum Gasteiger partial charge on any atom is -0.495 e. The molecule has 0 atom stereocenters. The Kier molecular flexibility index (Phi) is 6.56. The van der Waals surface area contributed by atoms with E-state index in [2.05, 4.69) is 4.72 Å². The van der Waals surface area contributed by atoms with Crippen molar-refractivity contribution in [1.82, 2.24) is 0 Å². The second-order valence-corrected chi connectivity index (χ2v) is 7.14. The number of nitrogens with one attached hydrogen (secondary N) is 1. The third kappa shape index (κ3) is 5.71.